The summed E-state index contributed by atoms with van der Waals surface area (Å²) >= 11 is 0. The highest BCUT2D eigenvalue weighted by atomic mass is 32.2. The fourth-order valence-corrected chi connectivity index (χ4v) is 4.94. The zero-order chi connectivity index (χ0) is 33.4. The molecule has 0 radical (unpaired) electrons. The average Bonchev–Trinajstić information content (AvgIpc) is 3.20. The number of benzene rings is 4. The van der Waals surface area contributed by atoms with Crippen molar-refractivity contribution < 1.29 is 54.1 Å². The molecule has 1 heterocycles. The Balaban J connectivity index is 0.000000205. The van der Waals surface area contributed by atoms with E-state index >= 15 is 0 Å². The lowest BCUT2D eigenvalue weighted by atomic mass is 9.78. The molecule has 0 aliphatic carbocycles. The van der Waals surface area contributed by atoms with Gasteiger partial charge < -0.3 is 23.0 Å². The van der Waals surface area contributed by atoms with Gasteiger partial charge in [0.05, 0.1) is 36.5 Å². The largest absolute Gasteiger partial charge is 0.534 e. The summed E-state index contributed by atoms with van der Waals surface area (Å²) in [4.78, 5) is 23.4. The Kier molecular flexibility index (Phi) is 9.25. The Morgan fingerprint density at radius 2 is 1.20 bits per heavy atom. The highest BCUT2D eigenvalue weighted by Crippen LogP contribution is 2.37. The van der Waals surface area contributed by atoms with Crippen LogP contribution in [0.4, 0.5) is 13.2 Å². The van der Waals surface area contributed by atoms with Gasteiger partial charge in [0.25, 0.3) is 0 Å². The number of hydrogen-bond acceptors (Lipinski definition) is 9. The van der Waals surface area contributed by atoms with Crippen LogP contribution in [0.15, 0.2) is 72.8 Å². The highest BCUT2D eigenvalue weighted by Gasteiger charge is 2.51. The third kappa shape index (κ3) is 6.92. The maximum absolute atomic E-state index is 12.3. The van der Waals surface area contributed by atoms with Gasteiger partial charge in [0, 0.05) is 0 Å². The first-order valence-electron chi connectivity index (χ1n) is 13.5. The maximum atomic E-state index is 12.3. The molecule has 1 aliphatic heterocycles. The molecule has 14 heteroatoms. The molecular weight excluding hydrogens is 616 g/mol. The van der Waals surface area contributed by atoms with E-state index in [1.54, 1.807) is 6.07 Å². The van der Waals surface area contributed by atoms with Crippen LogP contribution >= 0.6 is 0 Å². The van der Waals surface area contributed by atoms with Crippen molar-refractivity contribution in [1.29, 1.82) is 0 Å². The van der Waals surface area contributed by atoms with Gasteiger partial charge in [0.2, 0.25) is 0 Å². The summed E-state index contributed by atoms with van der Waals surface area (Å²) in [7, 11) is -3.58. The van der Waals surface area contributed by atoms with Gasteiger partial charge in [-0.25, -0.2) is 9.59 Å². The van der Waals surface area contributed by atoms with E-state index in [0.717, 1.165) is 28.4 Å². The van der Waals surface area contributed by atoms with Gasteiger partial charge in [-0.3, -0.25) is 0 Å². The van der Waals surface area contributed by atoms with Crippen molar-refractivity contribution in [2.45, 2.75) is 44.4 Å². The number of ether oxygens (including phenoxy) is 2. The van der Waals surface area contributed by atoms with E-state index in [1.807, 2.05) is 58.0 Å². The minimum absolute atomic E-state index is 0.199. The lowest BCUT2D eigenvalue weighted by Crippen LogP contribution is -2.41. The quantitative estimate of drug-likeness (QED) is 0.115. The number of esters is 2. The van der Waals surface area contributed by atoms with E-state index in [9.17, 15) is 31.2 Å². The monoisotopic (exact) mass is 646 g/mol. The van der Waals surface area contributed by atoms with Crippen LogP contribution in [0.5, 0.6) is 5.75 Å². The number of hydrogen-bond donors (Lipinski definition) is 0. The smallest absolute Gasteiger partial charge is 0.465 e. The summed E-state index contributed by atoms with van der Waals surface area (Å²) in [5.74, 6) is -1.46. The van der Waals surface area contributed by atoms with Crippen molar-refractivity contribution in [2.75, 3.05) is 14.2 Å². The summed E-state index contributed by atoms with van der Waals surface area (Å²) < 4.78 is 84.4. The fraction of sp³-hybridized carbons (Fsp3) is 0.290. The van der Waals surface area contributed by atoms with Crippen LogP contribution in [-0.2, 0) is 28.9 Å². The Morgan fingerprint density at radius 1 is 0.733 bits per heavy atom. The number of fused-ring (bicyclic) bond motifs is 2. The average molecular weight is 646 g/mol. The number of alkyl halides is 3. The molecule has 0 amide bonds. The molecule has 0 N–H and O–H groups in total. The molecule has 4 aromatic carbocycles. The van der Waals surface area contributed by atoms with Crippen molar-refractivity contribution in [2.24, 2.45) is 0 Å². The van der Waals surface area contributed by atoms with Crippen molar-refractivity contribution in [3.63, 3.8) is 0 Å². The van der Waals surface area contributed by atoms with E-state index in [1.165, 1.54) is 38.5 Å². The summed E-state index contributed by atoms with van der Waals surface area (Å²) in [6.45, 7) is 8.12. The first-order valence-corrected chi connectivity index (χ1v) is 14.9. The molecule has 0 unspecified atom stereocenters. The van der Waals surface area contributed by atoms with Crippen molar-refractivity contribution in [3.8, 4) is 5.75 Å². The molecule has 0 spiro atoms. The predicted molar refractivity (Wildman–Crippen MR) is 162 cm³/mol. The molecule has 5 rings (SSSR count). The lowest BCUT2D eigenvalue weighted by Gasteiger charge is -2.32. The van der Waals surface area contributed by atoms with E-state index in [2.05, 4.69) is 8.92 Å². The van der Waals surface area contributed by atoms with Gasteiger partial charge in [-0.2, -0.15) is 21.6 Å². The Labute approximate surface area is 258 Å². The molecule has 1 aliphatic rings. The van der Waals surface area contributed by atoms with Crippen LogP contribution in [0.2, 0.25) is 0 Å². The molecular formula is C31H30BF3O9S. The normalized spacial score (nSPS) is 15.7. The number of carbonyl (C=O) groups excluding carboxylic acids is 2. The standard InChI is InChI=1S/C18H21BO4.C13H9F3O5S/c1-17(2)18(3,4)23-19(22-17)13-9-10-14-12(11-13)7-6-8-15(14)16(20)21-5;1-20-12(17)11-4-2-3-8-7-9(5-6-10(8)11)21-22(18,19)13(14,15)16/h6-11H,1-5H3;2-7H,1H3. The van der Waals surface area contributed by atoms with Crippen molar-refractivity contribution in [3.05, 3.63) is 83.9 Å². The third-order valence-electron chi connectivity index (χ3n) is 7.58. The minimum Gasteiger partial charge on any atom is -0.465 e. The van der Waals surface area contributed by atoms with Gasteiger partial charge in [-0.15, -0.1) is 0 Å². The van der Waals surface area contributed by atoms with E-state index in [0.29, 0.717) is 16.3 Å². The molecule has 0 bridgehead atoms. The number of halogens is 3. The Morgan fingerprint density at radius 3 is 1.67 bits per heavy atom. The molecule has 238 valence electrons. The second kappa shape index (κ2) is 12.3. The first-order chi connectivity index (χ1) is 20.9. The van der Waals surface area contributed by atoms with Crippen molar-refractivity contribution in [1.82, 2.24) is 0 Å². The third-order valence-corrected chi connectivity index (χ3v) is 8.56. The molecule has 1 fully saturated rings. The predicted octanol–water partition coefficient (Wildman–Crippen LogP) is 5.78. The summed E-state index contributed by atoms with van der Waals surface area (Å²) in [6.07, 6.45) is 0. The summed E-state index contributed by atoms with van der Waals surface area (Å²) in [5, 5.41) is 2.55. The molecule has 45 heavy (non-hydrogen) atoms. The lowest BCUT2D eigenvalue weighted by molar-refractivity contribution is -0.0500. The Hall–Kier alpha value is -4.14. The van der Waals surface area contributed by atoms with E-state index in [4.69, 9.17) is 14.0 Å². The van der Waals surface area contributed by atoms with Crippen LogP contribution in [0.25, 0.3) is 21.5 Å². The highest BCUT2D eigenvalue weighted by molar-refractivity contribution is 7.88. The van der Waals surface area contributed by atoms with Gasteiger partial charge >= 0.3 is 34.7 Å². The molecule has 4 aromatic rings. The van der Waals surface area contributed by atoms with Crippen LogP contribution in [0.1, 0.15) is 48.4 Å². The first kappa shape index (κ1) is 33.8. The van der Waals surface area contributed by atoms with E-state index < -0.39 is 34.5 Å². The van der Waals surface area contributed by atoms with Crippen LogP contribution in [-0.4, -0.2) is 58.4 Å². The van der Waals surface area contributed by atoms with Crippen LogP contribution < -0.4 is 9.65 Å². The SMILES string of the molecule is COC(=O)c1cccc2cc(B3OC(C)(C)C(C)(C)O3)ccc12.COC(=O)c1cccc2cc(OS(=O)(=O)C(F)(F)F)ccc12. The van der Waals surface area contributed by atoms with Crippen molar-refractivity contribution >= 4 is 56.2 Å². The van der Waals surface area contributed by atoms with Gasteiger partial charge in [-0.1, -0.05) is 42.5 Å². The van der Waals surface area contributed by atoms with Gasteiger partial charge in [-0.05, 0) is 85.0 Å². The number of carbonyl (C=O) groups is 2. The maximum Gasteiger partial charge on any atom is 0.534 e. The Bertz CT molecular complexity index is 1860. The van der Waals surface area contributed by atoms with E-state index in [-0.39, 0.29) is 22.7 Å². The molecule has 0 atom stereocenters. The summed E-state index contributed by atoms with van der Waals surface area (Å²) in [6, 6.07) is 19.3. The zero-order valence-corrected chi connectivity index (χ0v) is 26.0. The van der Waals surface area contributed by atoms with Gasteiger partial charge in [0.15, 0.2) is 0 Å². The zero-order valence-electron chi connectivity index (χ0n) is 25.2. The van der Waals surface area contributed by atoms with Gasteiger partial charge in [0.1, 0.15) is 5.75 Å². The number of rotatable bonds is 5. The molecule has 0 saturated carbocycles. The summed E-state index contributed by atoms with van der Waals surface area (Å²) in [5.41, 5.74) is -4.56. The fourth-order valence-electron chi connectivity index (χ4n) is 4.49. The van der Waals surface area contributed by atoms with Crippen LogP contribution in [0, 0.1) is 0 Å². The molecule has 1 saturated heterocycles. The number of methoxy groups -OCH3 is 2. The molecule has 9 nitrogen and oxygen atoms in total. The van der Waals surface area contributed by atoms with Crippen LogP contribution in [0.3, 0.4) is 0 Å². The topological polar surface area (TPSA) is 114 Å². The molecule has 0 aromatic heterocycles. The second-order valence-electron chi connectivity index (χ2n) is 11.0. The second-order valence-corrected chi connectivity index (χ2v) is 12.6. The minimum atomic E-state index is -5.74.